The van der Waals surface area contributed by atoms with Crippen LogP contribution in [-0.4, -0.2) is 4.98 Å². The molecule has 6 heteroatoms. The predicted molar refractivity (Wildman–Crippen MR) is 54.3 cm³/mol. The molecule has 0 amide bonds. The van der Waals surface area contributed by atoms with Crippen molar-refractivity contribution in [1.82, 2.24) is 4.98 Å². The van der Waals surface area contributed by atoms with E-state index < -0.39 is 6.43 Å². The van der Waals surface area contributed by atoms with E-state index in [0.717, 1.165) is 0 Å². The largest absolute Gasteiger partial charge is 0.266 e. The minimum Gasteiger partial charge on any atom is -0.229 e. The second kappa shape index (κ2) is 4.28. The molecule has 13 heavy (non-hydrogen) atoms. The van der Waals surface area contributed by atoms with Crippen molar-refractivity contribution in [1.29, 1.82) is 5.26 Å². The number of aromatic nitrogens is 1. The number of nitrogens with zero attached hydrogens (tertiary/aromatic N) is 2. The van der Waals surface area contributed by atoms with Crippen molar-refractivity contribution < 1.29 is 8.78 Å². The molecule has 0 spiro atoms. The summed E-state index contributed by atoms with van der Waals surface area (Å²) in [5.41, 5.74) is -0.0414. The predicted octanol–water partition coefficient (Wildman–Crippen LogP) is 3.26. The third-order valence-corrected chi connectivity index (χ3v) is 2.77. The number of hydrogen-bond acceptors (Lipinski definition) is 2. The molecule has 0 radical (unpaired) electrons. The van der Waals surface area contributed by atoms with Crippen molar-refractivity contribution in [3.63, 3.8) is 0 Å². The first kappa shape index (κ1) is 10.8. The highest BCUT2D eigenvalue weighted by molar-refractivity contribution is 14.1. The van der Waals surface area contributed by atoms with Crippen LogP contribution in [0.4, 0.5) is 8.78 Å². The van der Waals surface area contributed by atoms with Crippen LogP contribution in [-0.2, 0) is 0 Å². The highest BCUT2D eigenvalue weighted by atomic mass is 127. The lowest BCUT2D eigenvalue weighted by molar-refractivity contribution is 0.150. The Morgan fingerprint density at radius 2 is 2.23 bits per heavy atom. The second-order valence-electron chi connectivity index (χ2n) is 2.11. The van der Waals surface area contributed by atoms with Gasteiger partial charge in [0.25, 0.3) is 6.43 Å². The molecule has 0 saturated carbocycles. The lowest BCUT2D eigenvalue weighted by Gasteiger charge is -2.03. The third kappa shape index (κ3) is 2.34. The molecule has 68 valence electrons. The van der Waals surface area contributed by atoms with Gasteiger partial charge in [0.1, 0.15) is 9.77 Å². The van der Waals surface area contributed by atoms with Crippen LogP contribution < -0.4 is 0 Å². The summed E-state index contributed by atoms with van der Waals surface area (Å²) in [7, 11) is 0. The molecule has 0 aliphatic carbocycles. The number of halogens is 4. The smallest absolute Gasteiger partial charge is 0.229 e. The molecule has 1 rings (SSSR count). The van der Waals surface area contributed by atoms with Gasteiger partial charge in [0.2, 0.25) is 0 Å². The molecule has 0 fully saturated rings. The Kier molecular flexibility index (Phi) is 3.55. The summed E-state index contributed by atoms with van der Waals surface area (Å²) in [5, 5.41) is 8.54. The maximum absolute atomic E-state index is 12.3. The van der Waals surface area contributed by atoms with E-state index in [-0.39, 0.29) is 15.0 Å². The van der Waals surface area contributed by atoms with Gasteiger partial charge in [-0.1, -0.05) is 0 Å². The molecule has 0 unspecified atom stereocenters. The van der Waals surface area contributed by atoms with E-state index in [0.29, 0.717) is 4.47 Å². The lowest BCUT2D eigenvalue weighted by atomic mass is 10.2. The Labute approximate surface area is 95.2 Å². The van der Waals surface area contributed by atoms with Gasteiger partial charge in [-0.15, -0.1) is 0 Å². The van der Waals surface area contributed by atoms with Gasteiger partial charge in [-0.2, -0.15) is 5.26 Å². The van der Waals surface area contributed by atoms with Crippen LogP contribution in [0.25, 0.3) is 0 Å². The van der Waals surface area contributed by atoms with E-state index in [1.165, 1.54) is 6.07 Å². The summed E-state index contributed by atoms with van der Waals surface area (Å²) in [6.07, 6.45) is -2.57. The number of nitriles is 1. The van der Waals surface area contributed by atoms with E-state index in [9.17, 15) is 8.78 Å². The van der Waals surface area contributed by atoms with Crippen molar-refractivity contribution in [2.45, 2.75) is 6.43 Å². The summed E-state index contributed by atoms with van der Waals surface area (Å²) in [6.45, 7) is 0. The monoisotopic (exact) mass is 358 g/mol. The van der Waals surface area contributed by atoms with Crippen molar-refractivity contribution >= 4 is 38.5 Å². The van der Waals surface area contributed by atoms with Crippen LogP contribution in [0.15, 0.2) is 10.5 Å². The van der Waals surface area contributed by atoms with Crippen molar-refractivity contribution in [3.05, 3.63) is 25.5 Å². The fourth-order valence-corrected chi connectivity index (χ4v) is 1.77. The van der Waals surface area contributed by atoms with Gasteiger partial charge in [0.15, 0.2) is 5.69 Å². The normalized spacial score (nSPS) is 10.2. The highest BCUT2D eigenvalue weighted by Crippen LogP contribution is 2.27. The van der Waals surface area contributed by atoms with E-state index in [1.54, 1.807) is 28.7 Å². The van der Waals surface area contributed by atoms with Crippen molar-refractivity contribution in [3.8, 4) is 6.07 Å². The summed E-state index contributed by atoms with van der Waals surface area (Å²) in [5.74, 6) is 0. The summed E-state index contributed by atoms with van der Waals surface area (Å²) in [6, 6.07) is 3.01. The standard InChI is InChI=1S/C7H2BrF2IN2/c8-4-1-3(6(9)10)7(11)13-5(4)2-12/h1,6H. The topological polar surface area (TPSA) is 36.7 Å². The van der Waals surface area contributed by atoms with E-state index in [4.69, 9.17) is 5.26 Å². The zero-order chi connectivity index (χ0) is 10.0. The highest BCUT2D eigenvalue weighted by Gasteiger charge is 2.15. The zero-order valence-electron chi connectivity index (χ0n) is 6.06. The molecular weight excluding hydrogens is 357 g/mol. The Balaban J connectivity index is 3.31. The molecular formula is C7H2BrF2IN2. The first-order chi connectivity index (χ1) is 6.06. The lowest BCUT2D eigenvalue weighted by Crippen LogP contribution is -1.96. The van der Waals surface area contributed by atoms with E-state index in [1.807, 2.05) is 0 Å². The van der Waals surface area contributed by atoms with E-state index in [2.05, 4.69) is 20.9 Å². The SMILES string of the molecule is N#Cc1nc(I)c(C(F)F)cc1Br. The molecule has 0 aliphatic rings. The summed E-state index contributed by atoms with van der Waals surface area (Å²) < 4.78 is 25.0. The van der Waals surface area contributed by atoms with Crippen molar-refractivity contribution in [2.75, 3.05) is 0 Å². The van der Waals surface area contributed by atoms with Gasteiger partial charge in [0, 0.05) is 0 Å². The second-order valence-corrected chi connectivity index (χ2v) is 3.99. The van der Waals surface area contributed by atoms with Crippen LogP contribution >= 0.6 is 38.5 Å². The molecule has 2 nitrogen and oxygen atoms in total. The zero-order valence-corrected chi connectivity index (χ0v) is 9.80. The van der Waals surface area contributed by atoms with Gasteiger partial charge >= 0.3 is 0 Å². The quantitative estimate of drug-likeness (QED) is 0.570. The molecule has 0 bridgehead atoms. The van der Waals surface area contributed by atoms with Gasteiger partial charge in [0.05, 0.1) is 10.0 Å². The molecule has 1 heterocycles. The Morgan fingerprint density at radius 1 is 1.62 bits per heavy atom. The third-order valence-electron chi connectivity index (χ3n) is 1.30. The van der Waals surface area contributed by atoms with Gasteiger partial charge in [-0.3, -0.25) is 0 Å². The van der Waals surface area contributed by atoms with Crippen molar-refractivity contribution in [2.24, 2.45) is 0 Å². The number of alkyl halides is 2. The number of rotatable bonds is 1. The number of hydrogen-bond donors (Lipinski definition) is 0. The average Bonchev–Trinajstić information content (AvgIpc) is 2.07. The fourth-order valence-electron chi connectivity index (χ4n) is 0.712. The molecule has 0 aliphatic heterocycles. The Bertz CT molecular complexity index is 375. The molecule has 0 aromatic carbocycles. The molecule has 1 aromatic heterocycles. The minimum atomic E-state index is -2.57. The van der Waals surface area contributed by atoms with Crippen LogP contribution in [0.1, 0.15) is 17.7 Å². The average molecular weight is 359 g/mol. The maximum atomic E-state index is 12.3. The van der Waals surface area contributed by atoms with Crippen LogP contribution in [0.2, 0.25) is 0 Å². The summed E-state index contributed by atoms with van der Waals surface area (Å²) in [4.78, 5) is 3.71. The Morgan fingerprint density at radius 3 is 2.69 bits per heavy atom. The molecule has 1 aromatic rings. The molecule has 0 saturated heterocycles. The fraction of sp³-hybridized carbons (Fsp3) is 0.143. The van der Waals surface area contributed by atoms with Gasteiger partial charge in [-0.25, -0.2) is 13.8 Å². The number of pyridine rings is 1. The van der Waals surface area contributed by atoms with Gasteiger partial charge in [-0.05, 0) is 44.6 Å². The van der Waals surface area contributed by atoms with E-state index >= 15 is 0 Å². The van der Waals surface area contributed by atoms with Gasteiger partial charge < -0.3 is 0 Å². The Hall–Kier alpha value is -0.290. The first-order valence-electron chi connectivity index (χ1n) is 3.10. The first-order valence-corrected chi connectivity index (χ1v) is 4.97. The summed E-state index contributed by atoms with van der Waals surface area (Å²) >= 11 is 4.67. The molecule has 0 atom stereocenters. The minimum absolute atomic E-state index is 0.119. The maximum Gasteiger partial charge on any atom is 0.266 e. The van der Waals surface area contributed by atoms with Crippen LogP contribution in [0.5, 0.6) is 0 Å². The van der Waals surface area contributed by atoms with Crippen LogP contribution in [0.3, 0.4) is 0 Å². The molecule has 0 N–H and O–H groups in total. The van der Waals surface area contributed by atoms with Crippen LogP contribution in [0, 0.1) is 15.0 Å².